The summed E-state index contributed by atoms with van der Waals surface area (Å²) in [5.74, 6) is -1.23. The van der Waals surface area contributed by atoms with Gasteiger partial charge >= 0.3 is 11.8 Å². The molecule has 0 aromatic rings. The first kappa shape index (κ1) is 15.9. The average molecular weight is 246 g/mol. The van der Waals surface area contributed by atoms with E-state index in [4.69, 9.17) is 9.84 Å². The van der Waals surface area contributed by atoms with E-state index in [2.05, 4.69) is 5.32 Å². The summed E-state index contributed by atoms with van der Waals surface area (Å²) in [4.78, 5) is 24.3. The fraction of sp³-hybridized carbons (Fsp3) is 0.818. The lowest BCUT2D eigenvalue weighted by Gasteiger charge is -2.18. The third-order valence-electron chi connectivity index (χ3n) is 2.19. The van der Waals surface area contributed by atoms with E-state index in [0.717, 1.165) is 0 Å². The fourth-order valence-corrected chi connectivity index (χ4v) is 1.26. The maximum absolute atomic E-state index is 11.6. The SMILES string of the molecule is CCOCCCNC(=O)C(=O)N(CC)CCO. The molecule has 0 rings (SSSR count). The summed E-state index contributed by atoms with van der Waals surface area (Å²) in [5.41, 5.74) is 0. The second-order valence-electron chi connectivity index (χ2n) is 3.41. The van der Waals surface area contributed by atoms with Gasteiger partial charge in [0.25, 0.3) is 0 Å². The Morgan fingerprint density at radius 3 is 2.59 bits per heavy atom. The normalized spacial score (nSPS) is 10.1. The van der Waals surface area contributed by atoms with Crippen molar-refractivity contribution in [2.45, 2.75) is 20.3 Å². The van der Waals surface area contributed by atoms with E-state index >= 15 is 0 Å². The minimum absolute atomic E-state index is 0.142. The first-order chi connectivity index (χ1) is 8.17. The molecule has 0 aliphatic heterocycles. The van der Waals surface area contributed by atoms with Crippen LogP contribution in [0.15, 0.2) is 0 Å². The topological polar surface area (TPSA) is 78.9 Å². The highest BCUT2D eigenvalue weighted by atomic mass is 16.5. The largest absolute Gasteiger partial charge is 0.395 e. The number of rotatable bonds is 8. The number of carbonyl (C=O) groups is 2. The van der Waals surface area contributed by atoms with E-state index in [1.165, 1.54) is 4.90 Å². The molecular formula is C11H22N2O4. The van der Waals surface area contributed by atoms with Crippen molar-refractivity contribution >= 4 is 11.8 Å². The molecule has 0 saturated carbocycles. The van der Waals surface area contributed by atoms with E-state index in [1.807, 2.05) is 6.92 Å². The minimum Gasteiger partial charge on any atom is -0.395 e. The number of hydrogen-bond acceptors (Lipinski definition) is 4. The van der Waals surface area contributed by atoms with Crippen molar-refractivity contribution in [3.8, 4) is 0 Å². The predicted octanol–water partition coefficient (Wildman–Crippen LogP) is -0.630. The third-order valence-corrected chi connectivity index (χ3v) is 2.19. The van der Waals surface area contributed by atoms with Crippen LogP contribution in [0.1, 0.15) is 20.3 Å². The number of hydrogen-bond donors (Lipinski definition) is 2. The summed E-state index contributed by atoms with van der Waals surface area (Å²) in [6.07, 6.45) is 0.680. The molecule has 2 amide bonds. The number of likely N-dealkylation sites (N-methyl/N-ethyl adjacent to an activating group) is 1. The highest BCUT2D eigenvalue weighted by molar-refractivity contribution is 6.34. The molecule has 0 spiro atoms. The van der Waals surface area contributed by atoms with Gasteiger partial charge in [-0.15, -0.1) is 0 Å². The van der Waals surface area contributed by atoms with Crippen molar-refractivity contribution in [1.82, 2.24) is 10.2 Å². The van der Waals surface area contributed by atoms with Gasteiger partial charge in [-0.3, -0.25) is 9.59 Å². The second kappa shape index (κ2) is 10.0. The van der Waals surface area contributed by atoms with Gasteiger partial charge < -0.3 is 20.1 Å². The van der Waals surface area contributed by atoms with E-state index in [-0.39, 0.29) is 13.2 Å². The van der Waals surface area contributed by atoms with E-state index in [0.29, 0.717) is 32.7 Å². The Bertz CT molecular complexity index is 234. The maximum atomic E-state index is 11.6. The molecule has 0 aromatic carbocycles. The Kier molecular flexibility index (Phi) is 9.37. The van der Waals surface area contributed by atoms with Crippen molar-refractivity contribution in [1.29, 1.82) is 0 Å². The van der Waals surface area contributed by atoms with E-state index in [9.17, 15) is 9.59 Å². The molecule has 6 heteroatoms. The lowest BCUT2D eigenvalue weighted by Crippen LogP contribution is -2.44. The van der Waals surface area contributed by atoms with Crippen LogP contribution in [0.4, 0.5) is 0 Å². The lowest BCUT2D eigenvalue weighted by molar-refractivity contribution is -0.146. The molecule has 0 aliphatic rings. The molecule has 6 nitrogen and oxygen atoms in total. The molecule has 17 heavy (non-hydrogen) atoms. The van der Waals surface area contributed by atoms with Crippen LogP contribution < -0.4 is 5.32 Å². The molecule has 0 fully saturated rings. The summed E-state index contributed by atoms with van der Waals surface area (Å²) in [7, 11) is 0. The summed E-state index contributed by atoms with van der Waals surface area (Å²) >= 11 is 0. The second-order valence-corrected chi connectivity index (χ2v) is 3.41. The molecule has 0 heterocycles. The zero-order chi connectivity index (χ0) is 13.1. The van der Waals surface area contributed by atoms with Crippen LogP contribution in [0, 0.1) is 0 Å². The van der Waals surface area contributed by atoms with Crippen molar-refractivity contribution < 1.29 is 19.4 Å². The Hall–Kier alpha value is -1.14. The minimum atomic E-state index is -0.628. The lowest BCUT2D eigenvalue weighted by atomic mass is 10.4. The Balaban J connectivity index is 3.83. The van der Waals surface area contributed by atoms with Crippen LogP contribution in [0.5, 0.6) is 0 Å². The van der Waals surface area contributed by atoms with Crippen LogP contribution in [0.25, 0.3) is 0 Å². The van der Waals surface area contributed by atoms with Crippen molar-refractivity contribution in [2.75, 3.05) is 39.5 Å². The Labute approximate surface area is 102 Å². The monoisotopic (exact) mass is 246 g/mol. The zero-order valence-corrected chi connectivity index (χ0v) is 10.6. The summed E-state index contributed by atoms with van der Waals surface area (Å²) < 4.78 is 5.10. The maximum Gasteiger partial charge on any atom is 0.311 e. The van der Waals surface area contributed by atoms with Crippen LogP contribution in [0.2, 0.25) is 0 Å². The molecule has 0 bridgehead atoms. The molecule has 0 radical (unpaired) electrons. The molecule has 100 valence electrons. The molecule has 0 aromatic heterocycles. The summed E-state index contributed by atoms with van der Waals surface area (Å²) in [5, 5.41) is 11.3. The van der Waals surface area contributed by atoms with E-state index < -0.39 is 11.8 Å². The molecule has 0 atom stereocenters. The van der Waals surface area contributed by atoms with Gasteiger partial charge in [0, 0.05) is 32.8 Å². The number of aliphatic hydroxyl groups excluding tert-OH is 1. The fourth-order valence-electron chi connectivity index (χ4n) is 1.26. The first-order valence-corrected chi connectivity index (χ1v) is 5.93. The predicted molar refractivity (Wildman–Crippen MR) is 63.5 cm³/mol. The molecule has 0 saturated heterocycles. The number of carbonyl (C=O) groups excluding carboxylic acids is 2. The van der Waals surface area contributed by atoms with Gasteiger partial charge in [0.05, 0.1) is 6.61 Å². The molecule has 0 aliphatic carbocycles. The van der Waals surface area contributed by atoms with Gasteiger partial charge in [0.15, 0.2) is 0 Å². The Morgan fingerprint density at radius 2 is 2.06 bits per heavy atom. The number of nitrogens with zero attached hydrogens (tertiary/aromatic N) is 1. The average Bonchev–Trinajstić information content (AvgIpc) is 2.34. The van der Waals surface area contributed by atoms with E-state index in [1.54, 1.807) is 6.92 Å². The van der Waals surface area contributed by atoms with Crippen LogP contribution >= 0.6 is 0 Å². The van der Waals surface area contributed by atoms with Crippen LogP contribution in [-0.4, -0.2) is 61.3 Å². The molecule has 2 N–H and O–H groups in total. The highest BCUT2D eigenvalue weighted by Crippen LogP contribution is 1.89. The third kappa shape index (κ3) is 6.91. The van der Waals surface area contributed by atoms with Crippen LogP contribution in [-0.2, 0) is 14.3 Å². The number of nitrogens with one attached hydrogen (secondary N) is 1. The van der Waals surface area contributed by atoms with Crippen molar-refractivity contribution in [2.24, 2.45) is 0 Å². The first-order valence-electron chi connectivity index (χ1n) is 5.93. The van der Waals surface area contributed by atoms with Crippen molar-refractivity contribution in [3.05, 3.63) is 0 Å². The van der Waals surface area contributed by atoms with Gasteiger partial charge in [-0.25, -0.2) is 0 Å². The molecular weight excluding hydrogens is 224 g/mol. The highest BCUT2D eigenvalue weighted by Gasteiger charge is 2.19. The van der Waals surface area contributed by atoms with Gasteiger partial charge in [-0.2, -0.15) is 0 Å². The van der Waals surface area contributed by atoms with Gasteiger partial charge in [0.2, 0.25) is 0 Å². The number of ether oxygens (including phenoxy) is 1. The zero-order valence-electron chi connectivity index (χ0n) is 10.6. The van der Waals surface area contributed by atoms with Crippen molar-refractivity contribution in [3.63, 3.8) is 0 Å². The quantitative estimate of drug-likeness (QED) is 0.441. The van der Waals surface area contributed by atoms with Gasteiger partial charge in [-0.1, -0.05) is 0 Å². The van der Waals surface area contributed by atoms with Gasteiger partial charge in [0.1, 0.15) is 0 Å². The number of aliphatic hydroxyl groups is 1. The van der Waals surface area contributed by atoms with Gasteiger partial charge in [-0.05, 0) is 20.3 Å². The standard InChI is InChI=1S/C11H22N2O4/c1-3-13(7-8-14)11(16)10(15)12-6-5-9-17-4-2/h14H,3-9H2,1-2H3,(H,12,15). The Morgan fingerprint density at radius 1 is 1.35 bits per heavy atom. The molecule has 0 unspecified atom stereocenters. The summed E-state index contributed by atoms with van der Waals surface area (Å²) in [6, 6.07) is 0. The smallest absolute Gasteiger partial charge is 0.311 e. The summed E-state index contributed by atoms with van der Waals surface area (Å²) in [6.45, 7) is 5.74. The van der Waals surface area contributed by atoms with Crippen LogP contribution in [0.3, 0.4) is 0 Å². The number of amides is 2.